The van der Waals surface area contributed by atoms with Gasteiger partial charge in [-0.05, 0) is 25.0 Å². The number of carbonyl (C=O) groups is 1. The Morgan fingerprint density at radius 2 is 1.89 bits per heavy atom. The lowest BCUT2D eigenvalue weighted by Crippen LogP contribution is -2.38. The van der Waals surface area contributed by atoms with Gasteiger partial charge in [-0.25, -0.2) is 14.4 Å². The minimum Gasteiger partial charge on any atom is -0.378 e. The molecule has 1 saturated carbocycles. The first kappa shape index (κ1) is 18.8. The number of amides is 1. The van der Waals surface area contributed by atoms with Gasteiger partial charge in [0.15, 0.2) is 0 Å². The molecule has 1 aliphatic carbocycles. The number of hydrogen-bond acceptors (Lipinski definition) is 5. The molecule has 148 valence electrons. The number of ether oxygens (including phenoxy) is 1. The van der Waals surface area contributed by atoms with Crippen molar-refractivity contribution in [2.24, 2.45) is 0 Å². The van der Waals surface area contributed by atoms with Crippen molar-refractivity contribution in [2.45, 2.75) is 38.1 Å². The number of benzene rings is 1. The first-order valence-electron chi connectivity index (χ1n) is 9.98. The van der Waals surface area contributed by atoms with Crippen molar-refractivity contribution in [1.29, 1.82) is 0 Å². The number of aromatic nitrogens is 2. The zero-order valence-corrected chi connectivity index (χ0v) is 15.9. The van der Waals surface area contributed by atoms with Crippen LogP contribution in [0.2, 0.25) is 0 Å². The lowest BCUT2D eigenvalue weighted by Gasteiger charge is -2.27. The van der Waals surface area contributed by atoms with E-state index in [0.717, 1.165) is 25.7 Å². The molecular formula is C21H25FN4O2. The molecule has 2 fully saturated rings. The molecule has 4 rings (SSSR count). The topological polar surface area (TPSA) is 67.4 Å². The zero-order valence-electron chi connectivity index (χ0n) is 15.9. The summed E-state index contributed by atoms with van der Waals surface area (Å²) in [5, 5.41) is 3.09. The fourth-order valence-electron chi connectivity index (χ4n) is 3.82. The van der Waals surface area contributed by atoms with E-state index >= 15 is 0 Å². The van der Waals surface area contributed by atoms with Crippen LogP contribution in [0.25, 0.3) is 11.3 Å². The number of carbonyl (C=O) groups excluding carboxylic acids is 1. The summed E-state index contributed by atoms with van der Waals surface area (Å²) in [5.41, 5.74) is 0.962. The summed E-state index contributed by atoms with van der Waals surface area (Å²) in [6.45, 7) is 2.54. The van der Waals surface area contributed by atoms with Gasteiger partial charge in [0.05, 0.1) is 24.5 Å². The molecule has 0 unspecified atom stereocenters. The lowest BCUT2D eigenvalue weighted by atomic mass is 9.95. The smallest absolute Gasteiger partial charge is 0.255 e. The van der Waals surface area contributed by atoms with Gasteiger partial charge in [0, 0.05) is 30.9 Å². The number of morpholine rings is 1. The second-order valence-corrected chi connectivity index (χ2v) is 7.32. The van der Waals surface area contributed by atoms with Gasteiger partial charge < -0.3 is 15.0 Å². The van der Waals surface area contributed by atoms with Gasteiger partial charge in [0.25, 0.3) is 5.91 Å². The molecule has 2 aliphatic rings. The number of anilines is 1. The van der Waals surface area contributed by atoms with Crippen LogP contribution in [0.15, 0.2) is 30.5 Å². The molecule has 0 atom stereocenters. The quantitative estimate of drug-likeness (QED) is 0.877. The van der Waals surface area contributed by atoms with Crippen LogP contribution in [-0.2, 0) is 4.74 Å². The van der Waals surface area contributed by atoms with E-state index in [0.29, 0.717) is 49.1 Å². The summed E-state index contributed by atoms with van der Waals surface area (Å²) < 4.78 is 19.9. The molecule has 28 heavy (non-hydrogen) atoms. The molecular weight excluding hydrogens is 359 g/mol. The van der Waals surface area contributed by atoms with E-state index in [1.807, 2.05) is 4.90 Å². The van der Waals surface area contributed by atoms with Crippen molar-refractivity contribution in [3.05, 3.63) is 41.8 Å². The van der Waals surface area contributed by atoms with Crippen LogP contribution in [0.3, 0.4) is 0 Å². The highest BCUT2D eigenvalue weighted by Gasteiger charge is 2.24. The molecule has 6 nitrogen and oxygen atoms in total. The summed E-state index contributed by atoms with van der Waals surface area (Å²) in [7, 11) is 0. The number of halogens is 1. The Hall–Kier alpha value is -2.54. The van der Waals surface area contributed by atoms with Crippen molar-refractivity contribution < 1.29 is 13.9 Å². The first-order valence-corrected chi connectivity index (χ1v) is 9.98. The average Bonchev–Trinajstić information content (AvgIpc) is 2.75. The van der Waals surface area contributed by atoms with Crippen LogP contribution in [0.1, 0.15) is 42.5 Å². The Morgan fingerprint density at radius 1 is 1.14 bits per heavy atom. The Morgan fingerprint density at radius 3 is 2.64 bits per heavy atom. The van der Waals surface area contributed by atoms with Gasteiger partial charge in [-0.3, -0.25) is 4.79 Å². The van der Waals surface area contributed by atoms with Crippen molar-refractivity contribution >= 4 is 11.9 Å². The average molecular weight is 384 g/mol. The SMILES string of the molecule is O=C(NC1CCCCC1)c1cnc(N2CCOCC2)nc1-c1ccccc1F. The summed E-state index contributed by atoms with van der Waals surface area (Å²) in [5.74, 6) is -0.143. The maximum absolute atomic E-state index is 14.5. The third kappa shape index (κ3) is 4.14. The second-order valence-electron chi connectivity index (χ2n) is 7.32. The molecule has 1 aliphatic heterocycles. The van der Waals surface area contributed by atoms with E-state index in [1.165, 1.54) is 18.7 Å². The Labute approximate surface area is 164 Å². The van der Waals surface area contributed by atoms with Crippen molar-refractivity contribution in [3.8, 4) is 11.3 Å². The monoisotopic (exact) mass is 384 g/mol. The zero-order chi connectivity index (χ0) is 19.3. The third-order valence-corrected chi connectivity index (χ3v) is 5.38. The molecule has 0 bridgehead atoms. The predicted molar refractivity (Wildman–Crippen MR) is 105 cm³/mol. The standard InChI is InChI=1S/C21H25FN4O2/c22-18-9-5-4-8-16(18)19-17(20(27)24-15-6-2-1-3-7-15)14-23-21(25-19)26-10-12-28-13-11-26/h4-5,8-9,14-15H,1-3,6-7,10-13H2,(H,24,27). The van der Waals surface area contributed by atoms with E-state index in [1.54, 1.807) is 18.2 Å². The molecule has 1 aromatic carbocycles. The van der Waals surface area contributed by atoms with E-state index in [2.05, 4.69) is 15.3 Å². The van der Waals surface area contributed by atoms with E-state index in [9.17, 15) is 9.18 Å². The highest BCUT2D eigenvalue weighted by Crippen LogP contribution is 2.27. The van der Waals surface area contributed by atoms with E-state index in [4.69, 9.17) is 4.74 Å². The maximum atomic E-state index is 14.5. The number of rotatable bonds is 4. The van der Waals surface area contributed by atoms with Gasteiger partial charge in [0.1, 0.15) is 5.82 Å². The molecule has 1 amide bonds. The van der Waals surface area contributed by atoms with Gasteiger partial charge in [-0.1, -0.05) is 31.4 Å². The van der Waals surface area contributed by atoms with Gasteiger partial charge in [0.2, 0.25) is 5.95 Å². The van der Waals surface area contributed by atoms with Gasteiger partial charge in [-0.15, -0.1) is 0 Å². The van der Waals surface area contributed by atoms with Crippen LogP contribution in [0.4, 0.5) is 10.3 Å². The van der Waals surface area contributed by atoms with Crippen LogP contribution in [-0.4, -0.2) is 48.2 Å². The van der Waals surface area contributed by atoms with Crippen molar-refractivity contribution in [1.82, 2.24) is 15.3 Å². The van der Waals surface area contributed by atoms with Crippen LogP contribution >= 0.6 is 0 Å². The second kappa shape index (κ2) is 8.65. The van der Waals surface area contributed by atoms with E-state index < -0.39 is 5.82 Å². The Kier molecular flexibility index (Phi) is 5.81. The molecule has 1 aromatic heterocycles. The number of nitrogens with one attached hydrogen (secondary N) is 1. The summed E-state index contributed by atoms with van der Waals surface area (Å²) in [6.07, 6.45) is 6.94. The third-order valence-electron chi connectivity index (χ3n) is 5.38. The lowest BCUT2D eigenvalue weighted by molar-refractivity contribution is 0.0927. The van der Waals surface area contributed by atoms with Crippen LogP contribution in [0, 0.1) is 5.82 Å². The largest absolute Gasteiger partial charge is 0.378 e. The summed E-state index contributed by atoms with van der Waals surface area (Å²) in [6, 6.07) is 6.57. The molecule has 2 heterocycles. The Balaban J connectivity index is 1.68. The molecule has 0 spiro atoms. The molecule has 7 heteroatoms. The summed E-state index contributed by atoms with van der Waals surface area (Å²) >= 11 is 0. The fourth-order valence-corrected chi connectivity index (χ4v) is 3.82. The Bertz CT molecular complexity index is 833. The molecule has 2 aromatic rings. The molecule has 0 radical (unpaired) electrons. The highest BCUT2D eigenvalue weighted by molar-refractivity contribution is 6.00. The first-order chi connectivity index (χ1) is 13.7. The normalized spacial score (nSPS) is 18.1. The molecule has 1 saturated heterocycles. The van der Waals surface area contributed by atoms with E-state index in [-0.39, 0.29) is 11.9 Å². The minimum atomic E-state index is -0.402. The van der Waals surface area contributed by atoms with Gasteiger partial charge in [-0.2, -0.15) is 0 Å². The number of hydrogen-bond donors (Lipinski definition) is 1. The highest BCUT2D eigenvalue weighted by atomic mass is 19.1. The van der Waals surface area contributed by atoms with Crippen LogP contribution < -0.4 is 10.2 Å². The number of nitrogens with zero attached hydrogens (tertiary/aromatic N) is 3. The summed E-state index contributed by atoms with van der Waals surface area (Å²) in [4.78, 5) is 24.0. The fraction of sp³-hybridized carbons (Fsp3) is 0.476. The maximum Gasteiger partial charge on any atom is 0.255 e. The molecule has 1 N–H and O–H groups in total. The van der Waals surface area contributed by atoms with Gasteiger partial charge >= 0.3 is 0 Å². The van der Waals surface area contributed by atoms with Crippen LogP contribution in [0.5, 0.6) is 0 Å². The van der Waals surface area contributed by atoms with Crippen molar-refractivity contribution in [3.63, 3.8) is 0 Å². The minimum absolute atomic E-state index is 0.161. The van der Waals surface area contributed by atoms with Crippen molar-refractivity contribution in [2.75, 3.05) is 31.2 Å². The predicted octanol–water partition coefficient (Wildman–Crippen LogP) is 3.18.